The average molecular weight is 471 g/mol. The van der Waals surface area contributed by atoms with Crippen molar-refractivity contribution in [2.24, 2.45) is 5.92 Å². The Bertz CT molecular complexity index is 964. The number of nitrogens with zero attached hydrogens (tertiary/aromatic N) is 2. The van der Waals surface area contributed by atoms with Gasteiger partial charge in [0.2, 0.25) is 0 Å². The van der Waals surface area contributed by atoms with E-state index in [2.05, 4.69) is 4.90 Å². The minimum Gasteiger partial charge on any atom is -0.491 e. The van der Waals surface area contributed by atoms with Gasteiger partial charge in [-0.25, -0.2) is 9.18 Å². The zero-order valence-corrected chi connectivity index (χ0v) is 19.2. The van der Waals surface area contributed by atoms with E-state index in [4.69, 9.17) is 18.9 Å². The van der Waals surface area contributed by atoms with Gasteiger partial charge in [0.25, 0.3) is 0 Å². The number of halogens is 1. The van der Waals surface area contributed by atoms with E-state index in [9.17, 15) is 9.18 Å². The molecule has 0 bridgehead atoms. The number of carbonyl (C=O) groups is 1. The second-order valence-corrected chi connectivity index (χ2v) is 9.22. The lowest BCUT2D eigenvalue weighted by Crippen LogP contribution is -2.44. The first kappa shape index (κ1) is 22.8. The van der Waals surface area contributed by atoms with Crippen LogP contribution in [0.15, 0.2) is 48.5 Å². The molecule has 2 aromatic rings. The van der Waals surface area contributed by atoms with Crippen molar-refractivity contribution in [3.8, 4) is 17.2 Å². The summed E-state index contributed by atoms with van der Waals surface area (Å²) in [6.07, 6.45) is 2.92. The third kappa shape index (κ3) is 5.55. The Morgan fingerprint density at radius 1 is 0.971 bits per heavy atom. The van der Waals surface area contributed by atoms with Crippen molar-refractivity contribution in [3.63, 3.8) is 0 Å². The number of ether oxygens (including phenoxy) is 4. The molecule has 2 atom stereocenters. The molecule has 1 amide bonds. The molecule has 0 radical (unpaired) electrons. The van der Waals surface area contributed by atoms with Crippen LogP contribution < -0.4 is 14.2 Å². The molecule has 8 heteroatoms. The fourth-order valence-corrected chi connectivity index (χ4v) is 4.85. The first-order valence-electron chi connectivity index (χ1n) is 12.1. The number of hydrogen-bond donors (Lipinski definition) is 0. The number of fused-ring (bicyclic) bond motifs is 1. The summed E-state index contributed by atoms with van der Waals surface area (Å²) in [7, 11) is 0. The van der Waals surface area contributed by atoms with Gasteiger partial charge < -0.3 is 18.9 Å². The number of carbonyl (C=O) groups excluding carboxylic acids is 1. The molecular formula is C26H31FN2O5. The van der Waals surface area contributed by atoms with Crippen LogP contribution >= 0.6 is 0 Å². The van der Waals surface area contributed by atoms with Crippen LogP contribution in [-0.4, -0.2) is 74.0 Å². The highest BCUT2D eigenvalue weighted by Gasteiger charge is 2.34. The molecule has 2 saturated heterocycles. The summed E-state index contributed by atoms with van der Waals surface area (Å²) in [6.45, 7) is 4.81. The molecule has 182 valence electrons. The number of cyclic esters (lactones) is 1. The molecule has 2 aromatic carbocycles. The van der Waals surface area contributed by atoms with Crippen LogP contribution in [0.1, 0.15) is 19.3 Å². The Morgan fingerprint density at radius 3 is 2.53 bits per heavy atom. The number of para-hydroxylation sites is 2. The molecule has 2 fully saturated rings. The van der Waals surface area contributed by atoms with E-state index in [1.807, 2.05) is 24.3 Å². The molecule has 2 unspecified atom stereocenters. The maximum Gasteiger partial charge on any atom is 0.410 e. The third-order valence-electron chi connectivity index (χ3n) is 6.85. The van der Waals surface area contributed by atoms with Crippen molar-refractivity contribution in [1.82, 2.24) is 9.80 Å². The molecule has 0 N–H and O–H groups in total. The van der Waals surface area contributed by atoms with Crippen molar-refractivity contribution in [3.05, 3.63) is 54.3 Å². The largest absolute Gasteiger partial charge is 0.491 e. The van der Waals surface area contributed by atoms with Crippen LogP contribution in [0.5, 0.6) is 17.2 Å². The normalized spacial score (nSPS) is 23.1. The van der Waals surface area contributed by atoms with E-state index in [0.29, 0.717) is 38.0 Å². The van der Waals surface area contributed by atoms with E-state index in [0.717, 1.165) is 50.4 Å². The fourth-order valence-electron chi connectivity index (χ4n) is 4.85. The maximum absolute atomic E-state index is 13.1. The van der Waals surface area contributed by atoms with E-state index in [-0.39, 0.29) is 24.1 Å². The predicted molar refractivity (Wildman–Crippen MR) is 124 cm³/mol. The van der Waals surface area contributed by atoms with E-state index < -0.39 is 0 Å². The van der Waals surface area contributed by atoms with Crippen LogP contribution in [0.25, 0.3) is 0 Å². The van der Waals surface area contributed by atoms with Crippen molar-refractivity contribution < 1.29 is 28.1 Å². The van der Waals surface area contributed by atoms with Crippen LogP contribution in [-0.2, 0) is 4.74 Å². The zero-order valence-electron chi connectivity index (χ0n) is 19.2. The fraction of sp³-hybridized carbons (Fsp3) is 0.500. The van der Waals surface area contributed by atoms with E-state index in [1.165, 1.54) is 12.1 Å². The molecule has 3 aliphatic heterocycles. The van der Waals surface area contributed by atoms with Crippen molar-refractivity contribution >= 4 is 6.09 Å². The second-order valence-electron chi connectivity index (χ2n) is 9.22. The molecule has 34 heavy (non-hydrogen) atoms. The lowest BCUT2D eigenvalue weighted by molar-refractivity contribution is 0.0464. The number of piperidine rings is 1. The van der Waals surface area contributed by atoms with E-state index >= 15 is 0 Å². The number of hydrogen-bond acceptors (Lipinski definition) is 6. The molecule has 0 spiro atoms. The van der Waals surface area contributed by atoms with Gasteiger partial charge in [-0.05, 0) is 74.7 Å². The number of amides is 1. The molecule has 3 heterocycles. The Labute approximate surface area is 199 Å². The van der Waals surface area contributed by atoms with Gasteiger partial charge in [0, 0.05) is 13.1 Å². The number of benzene rings is 2. The summed E-state index contributed by atoms with van der Waals surface area (Å²) in [5, 5.41) is 0. The highest BCUT2D eigenvalue weighted by atomic mass is 19.1. The van der Waals surface area contributed by atoms with Crippen molar-refractivity contribution in [2.45, 2.75) is 31.4 Å². The van der Waals surface area contributed by atoms with Crippen LogP contribution in [0.4, 0.5) is 9.18 Å². The Morgan fingerprint density at radius 2 is 1.74 bits per heavy atom. The Hall–Kier alpha value is -3.00. The Kier molecular flexibility index (Phi) is 7.04. The van der Waals surface area contributed by atoms with Gasteiger partial charge in [0.1, 0.15) is 43.5 Å². The topological polar surface area (TPSA) is 60.5 Å². The Balaban J connectivity index is 1.04. The summed E-state index contributed by atoms with van der Waals surface area (Å²) in [5.41, 5.74) is 0. The monoisotopic (exact) mass is 470 g/mol. The van der Waals surface area contributed by atoms with Gasteiger partial charge in [-0.1, -0.05) is 12.1 Å². The minimum atomic E-state index is -0.302. The lowest BCUT2D eigenvalue weighted by Gasteiger charge is -2.36. The van der Waals surface area contributed by atoms with Gasteiger partial charge in [0.05, 0.1) is 0 Å². The molecular weight excluding hydrogens is 439 g/mol. The second kappa shape index (κ2) is 10.5. The number of likely N-dealkylation sites (tertiary alicyclic amines) is 1. The summed E-state index contributed by atoms with van der Waals surface area (Å²) >= 11 is 0. The summed E-state index contributed by atoms with van der Waals surface area (Å²) in [6, 6.07) is 13.6. The first-order chi connectivity index (χ1) is 16.6. The predicted octanol–water partition coefficient (Wildman–Crippen LogP) is 3.97. The highest BCUT2D eigenvalue weighted by Crippen LogP contribution is 2.31. The van der Waals surface area contributed by atoms with Crippen molar-refractivity contribution in [2.75, 3.05) is 46.0 Å². The quantitative estimate of drug-likeness (QED) is 0.582. The van der Waals surface area contributed by atoms with Crippen LogP contribution in [0, 0.1) is 11.7 Å². The van der Waals surface area contributed by atoms with Gasteiger partial charge >= 0.3 is 6.09 Å². The smallest absolute Gasteiger partial charge is 0.410 e. The number of rotatable bonds is 8. The van der Waals surface area contributed by atoms with Crippen LogP contribution in [0.2, 0.25) is 0 Å². The average Bonchev–Trinajstić information content (AvgIpc) is 3.22. The van der Waals surface area contributed by atoms with Gasteiger partial charge in [-0.2, -0.15) is 0 Å². The SMILES string of the molecule is O=C1OCC(COc2ccc(F)cc2)N1CCC1CCN(CC2COc3ccccc3O2)CC1. The maximum atomic E-state index is 13.1. The molecule has 0 aliphatic carbocycles. The standard InChI is InChI=1S/C26H31FN2O5/c27-20-5-7-22(8-6-20)31-16-21-17-33-26(30)29(21)14-11-19-9-12-28(13-10-19)15-23-18-32-24-3-1-2-4-25(24)34-23/h1-8,19,21,23H,9-18H2. The summed E-state index contributed by atoms with van der Waals surface area (Å²) in [5.74, 6) is 2.50. The molecule has 7 nitrogen and oxygen atoms in total. The van der Waals surface area contributed by atoms with Gasteiger partial charge in [-0.15, -0.1) is 0 Å². The molecule has 0 saturated carbocycles. The molecule has 0 aromatic heterocycles. The summed E-state index contributed by atoms with van der Waals surface area (Å²) in [4.78, 5) is 16.5. The minimum absolute atomic E-state index is 0.0488. The van der Waals surface area contributed by atoms with Gasteiger partial charge in [-0.3, -0.25) is 9.80 Å². The van der Waals surface area contributed by atoms with Crippen LogP contribution in [0.3, 0.4) is 0 Å². The molecule has 5 rings (SSSR count). The lowest BCUT2D eigenvalue weighted by atomic mass is 9.93. The third-order valence-corrected chi connectivity index (χ3v) is 6.85. The molecule has 3 aliphatic rings. The first-order valence-corrected chi connectivity index (χ1v) is 12.1. The summed E-state index contributed by atoms with van der Waals surface area (Å²) < 4.78 is 36.0. The van der Waals surface area contributed by atoms with Gasteiger partial charge in [0.15, 0.2) is 11.5 Å². The zero-order chi connectivity index (χ0) is 23.3. The van der Waals surface area contributed by atoms with Crippen molar-refractivity contribution in [1.29, 1.82) is 0 Å². The van der Waals surface area contributed by atoms with E-state index in [1.54, 1.807) is 17.0 Å². The highest BCUT2D eigenvalue weighted by molar-refractivity contribution is 5.70.